The van der Waals surface area contributed by atoms with Crippen LogP contribution in [0.3, 0.4) is 0 Å². The van der Waals surface area contributed by atoms with Crippen LogP contribution in [-0.4, -0.2) is 43.5 Å². The summed E-state index contributed by atoms with van der Waals surface area (Å²) in [5.74, 6) is 0.918. The molecule has 1 aromatic carbocycles. The molecule has 2 rings (SSSR count). The smallest absolute Gasteiger partial charge is 0.175 e. The Morgan fingerprint density at radius 3 is 2.82 bits per heavy atom. The largest absolute Gasteiger partial charge is 0.397 e. The zero-order valence-electron chi connectivity index (χ0n) is 10.4. The van der Waals surface area contributed by atoms with Gasteiger partial charge in [0.25, 0.3) is 0 Å². The quantitative estimate of drug-likeness (QED) is 0.475. The topological polar surface area (TPSA) is 36.9 Å². The first kappa shape index (κ1) is 11.9. The van der Waals surface area contributed by atoms with Crippen molar-refractivity contribution in [3.8, 4) is 0 Å². The molecule has 1 aromatic rings. The maximum Gasteiger partial charge on any atom is 0.175 e. The first-order chi connectivity index (χ1) is 8.31. The molecule has 0 bridgehead atoms. The highest BCUT2D eigenvalue weighted by Gasteiger charge is 2.20. The van der Waals surface area contributed by atoms with Crippen LogP contribution >= 0.6 is 0 Å². The molecule has 0 aromatic heterocycles. The third kappa shape index (κ3) is 2.97. The van der Waals surface area contributed by atoms with Gasteiger partial charge < -0.3 is 15.1 Å². The van der Waals surface area contributed by atoms with Crippen LogP contribution in [0.2, 0.25) is 0 Å². The predicted octanol–water partition coefficient (Wildman–Crippen LogP) is 1.29. The first-order valence-electron chi connectivity index (χ1n) is 5.96. The second-order valence-electron chi connectivity index (χ2n) is 4.26. The van der Waals surface area contributed by atoms with Gasteiger partial charge in [-0.15, -0.1) is 0 Å². The predicted molar refractivity (Wildman–Crippen MR) is 69.0 cm³/mol. The molecule has 1 aliphatic heterocycles. The van der Waals surface area contributed by atoms with E-state index in [9.17, 15) is 0 Å². The van der Waals surface area contributed by atoms with E-state index < -0.39 is 0 Å². The summed E-state index contributed by atoms with van der Waals surface area (Å²) in [6.45, 7) is 5.08. The van der Waals surface area contributed by atoms with Gasteiger partial charge in [0.15, 0.2) is 5.84 Å². The van der Waals surface area contributed by atoms with Crippen molar-refractivity contribution in [1.29, 1.82) is 0 Å². The summed E-state index contributed by atoms with van der Waals surface area (Å²) in [6, 6.07) is 10.6. The summed E-state index contributed by atoms with van der Waals surface area (Å²) < 4.78 is 0. The average Bonchev–Trinajstić information content (AvgIpc) is 2.37. The van der Waals surface area contributed by atoms with Gasteiger partial charge in [0.2, 0.25) is 0 Å². The summed E-state index contributed by atoms with van der Waals surface area (Å²) in [5.41, 5.74) is 1.10. The van der Waals surface area contributed by atoms with Crippen LogP contribution in [0.1, 0.15) is 12.5 Å². The van der Waals surface area contributed by atoms with Gasteiger partial charge in [-0.2, -0.15) is 0 Å². The molecule has 4 nitrogen and oxygen atoms in total. The van der Waals surface area contributed by atoms with Crippen molar-refractivity contribution in [1.82, 2.24) is 10.2 Å². The molecule has 1 heterocycles. The van der Waals surface area contributed by atoms with Crippen LogP contribution in [0.15, 0.2) is 35.5 Å². The Balaban J connectivity index is 2.21. The fraction of sp³-hybridized carbons (Fsp3) is 0.462. The van der Waals surface area contributed by atoms with Crippen LogP contribution in [-0.2, 0) is 4.84 Å². The fourth-order valence-corrected chi connectivity index (χ4v) is 2.09. The van der Waals surface area contributed by atoms with Crippen molar-refractivity contribution in [2.45, 2.75) is 13.0 Å². The summed E-state index contributed by atoms with van der Waals surface area (Å²) in [6.07, 6.45) is 0. The lowest BCUT2D eigenvalue weighted by molar-refractivity contribution is 0.201. The number of rotatable bonds is 2. The fourth-order valence-electron chi connectivity index (χ4n) is 2.09. The van der Waals surface area contributed by atoms with E-state index in [0.29, 0.717) is 6.04 Å². The molecule has 1 unspecified atom stereocenters. The molecule has 1 saturated heterocycles. The third-order valence-corrected chi connectivity index (χ3v) is 2.88. The Kier molecular flexibility index (Phi) is 3.98. The Hall–Kier alpha value is -1.55. The van der Waals surface area contributed by atoms with Gasteiger partial charge in [-0.25, -0.2) is 0 Å². The molecular formula is C13H19N3O. The minimum Gasteiger partial charge on any atom is -0.397 e. The van der Waals surface area contributed by atoms with Crippen molar-refractivity contribution in [3.63, 3.8) is 0 Å². The van der Waals surface area contributed by atoms with E-state index in [0.717, 1.165) is 31.0 Å². The number of piperazine rings is 1. The van der Waals surface area contributed by atoms with Gasteiger partial charge in [-0.05, 0) is 6.92 Å². The summed E-state index contributed by atoms with van der Waals surface area (Å²) in [4.78, 5) is 7.24. The Morgan fingerprint density at radius 2 is 2.18 bits per heavy atom. The lowest BCUT2D eigenvalue weighted by Gasteiger charge is -2.33. The van der Waals surface area contributed by atoms with Crippen LogP contribution in [0.5, 0.6) is 0 Å². The number of benzene rings is 1. The number of amidine groups is 1. The SMILES string of the molecule is CO/N=C(\c1ccccc1)N1CCNC(C)C1. The summed E-state index contributed by atoms with van der Waals surface area (Å²) in [7, 11) is 1.59. The highest BCUT2D eigenvalue weighted by molar-refractivity contribution is 5.98. The van der Waals surface area contributed by atoms with Gasteiger partial charge in [0.1, 0.15) is 7.11 Å². The van der Waals surface area contributed by atoms with Crippen LogP contribution in [0.4, 0.5) is 0 Å². The number of oxime groups is 1. The number of nitrogens with zero attached hydrogens (tertiary/aromatic N) is 2. The van der Waals surface area contributed by atoms with E-state index in [1.165, 1.54) is 0 Å². The van der Waals surface area contributed by atoms with E-state index in [2.05, 4.69) is 34.4 Å². The molecule has 4 heteroatoms. The molecule has 1 atom stereocenters. The molecule has 1 fully saturated rings. The van der Waals surface area contributed by atoms with E-state index in [-0.39, 0.29) is 0 Å². The van der Waals surface area contributed by atoms with Crippen molar-refractivity contribution >= 4 is 5.84 Å². The van der Waals surface area contributed by atoms with Gasteiger partial charge in [0.05, 0.1) is 0 Å². The van der Waals surface area contributed by atoms with Crippen LogP contribution in [0, 0.1) is 0 Å². The summed E-state index contributed by atoms with van der Waals surface area (Å²) in [5, 5.41) is 7.59. The van der Waals surface area contributed by atoms with Gasteiger partial charge >= 0.3 is 0 Å². The van der Waals surface area contributed by atoms with E-state index in [1.807, 2.05) is 18.2 Å². The summed E-state index contributed by atoms with van der Waals surface area (Å²) >= 11 is 0. The molecule has 0 amide bonds. The van der Waals surface area contributed by atoms with Crippen LogP contribution in [0.25, 0.3) is 0 Å². The first-order valence-corrected chi connectivity index (χ1v) is 5.96. The van der Waals surface area contributed by atoms with Crippen molar-refractivity contribution < 1.29 is 4.84 Å². The van der Waals surface area contributed by atoms with E-state index >= 15 is 0 Å². The normalized spacial score (nSPS) is 21.4. The Bertz CT molecular complexity index is 378. The molecule has 17 heavy (non-hydrogen) atoms. The maximum atomic E-state index is 4.97. The zero-order valence-corrected chi connectivity index (χ0v) is 10.4. The highest BCUT2D eigenvalue weighted by Crippen LogP contribution is 2.09. The molecular weight excluding hydrogens is 214 g/mol. The minimum absolute atomic E-state index is 0.481. The van der Waals surface area contributed by atoms with Crippen molar-refractivity contribution in [2.24, 2.45) is 5.16 Å². The second kappa shape index (κ2) is 5.68. The Labute approximate surface area is 102 Å². The minimum atomic E-state index is 0.481. The lowest BCUT2D eigenvalue weighted by Crippen LogP contribution is -2.51. The number of hydrogen-bond donors (Lipinski definition) is 1. The Morgan fingerprint density at radius 1 is 1.41 bits per heavy atom. The maximum absolute atomic E-state index is 4.97. The standard InChI is InChI=1S/C13H19N3O/c1-11-10-16(9-8-14-11)13(15-17-2)12-6-4-3-5-7-12/h3-7,11,14H,8-10H2,1-2H3/b15-13+. The molecule has 0 saturated carbocycles. The molecule has 0 radical (unpaired) electrons. The average molecular weight is 233 g/mol. The lowest BCUT2D eigenvalue weighted by atomic mass is 10.1. The van der Waals surface area contributed by atoms with Crippen molar-refractivity contribution in [2.75, 3.05) is 26.7 Å². The second-order valence-corrected chi connectivity index (χ2v) is 4.26. The molecule has 0 spiro atoms. The van der Waals surface area contributed by atoms with Crippen molar-refractivity contribution in [3.05, 3.63) is 35.9 Å². The molecule has 0 aliphatic carbocycles. The highest BCUT2D eigenvalue weighted by atomic mass is 16.6. The van der Waals surface area contributed by atoms with Crippen LogP contribution < -0.4 is 5.32 Å². The monoisotopic (exact) mass is 233 g/mol. The van der Waals surface area contributed by atoms with Gasteiger partial charge in [-0.1, -0.05) is 35.5 Å². The van der Waals surface area contributed by atoms with Gasteiger partial charge in [0, 0.05) is 31.2 Å². The molecule has 1 aliphatic rings. The van der Waals surface area contributed by atoms with E-state index in [4.69, 9.17) is 4.84 Å². The number of nitrogens with one attached hydrogen (secondary N) is 1. The molecule has 92 valence electrons. The van der Waals surface area contributed by atoms with Gasteiger partial charge in [-0.3, -0.25) is 0 Å². The van der Waals surface area contributed by atoms with E-state index in [1.54, 1.807) is 7.11 Å². The number of hydrogen-bond acceptors (Lipinski definition) is 3. The third-order valence-electron chi connectivity index (χ3n) is 2.88. The molecule has 1 N–H and O–H groups in total. The zero-order chi connectivity index (χ0) is 12.1.